The Kier molecular flexibility index (Phi) is 5.12. The second-order valence-electron chi connectivity index (χ2n) is 7.35. The van der Waals surface area contributed by atoms with Gasteiger partial charge in [0.15, 0.2) is 5.65 Å². The van der Waals surface area contributed by atoms with Crippen molar-refractivity contribution in [2.24, 2.45) is 7.05 Å². The quantitative estimate of drug-likeness (QED) is 0.558. The Morgan fingerprint density at radius 3 is 2.38 bits per heavy atom. The summed E-state index contributed by atoms with van der Waals surface area (Å²) < 4.78 is 1.73. The molecule has 2 heterocycles. The normalized spacial score (nSPS) is 12.1. The van der Waals surface area contributed by atoms with Crippen molar-refractivity contribution >= 4 is 16.9 Å². The van der Waals surface area contributed by atoms with Crippen molar-refractivity contribution in [2.45, 2.75) is 26.3 Å². The third kappa shape index (κ3) is 3.90. The average molecular weight is 384 g/mol. The predicted molar refractivity (Wildman–Crippen MR) is 115 cm³/mol. The van der Waals surface area contributed by atoms with Gasteiger partial charge in [-0.1, -0.05) is 60.7 Å². The molecule has 0 aliphatic rings. The molecule has 0 aliphatic heterocycles. The number of hydrogen-bond acceptors (Lipinski definition) is 3. The van der Waals surface area contributed by atoms with Gasteiger partial charge in [-0.05, 0) is 37.5 Å². The molecule has 1 atom stereocenters. The minimum absolute atomic E-state index is 0.110. The van der Waals surface area contributed by atoms with E-state index < -0.39 is 0 Å². The van der Waals surface area contributed by atoms with Gasteiger partial charge >= 0.3 is 0 Å². The van der Waals surface area contributed by atoms with E-state index in [-0.39, 0.29) is 11.9 Å². The van der Waals surface area contributed by atoms with Gasteiger partial charge in [0.25, 0.3) is 5.91 Å². The van der Waals surface area contributed by atoms with Crippen LogP contribution in [0.4, 0.5) is 0 Å². The number of amides is 1. The molecule has 29 heavy (non-hydrogen) atoms. The van der Waals surface area contributed by atoms with Crippen LogP contribution in [0.1, 0.15) is 38.9 Å². The van der Waals surface area contributed by atoms with Gasteiger partial charge in [-0.15, -0.1) is 0 Å². The number of carbonyl (C=O) groups is 1. The fraction of sp³-hybridized carbons (Fsp3) is 0.208. The lowest BCUT2D eigenvalue weighted by molar-refractivity contribution is 0.0938. The predicted octanol–water partition coefficient (Wildman–Crippen LogP) is 4.30. The Morgan fingerprint density at radius 1 is 1.03 bits per heavy atom. The van der Waals surface area contributed by atoms with Crippen LogP contribution in [0.3, 0.4) is 0 Å². The van der Waals surface area contributed by atoms with E-state index in [0.717, 1.165) is 34.4 Å². The second kappa shape index (κ2) is 7.87. The van der Waals surface area contributed by atoms with E-state index in [1.54, 1.807) is 4.68 Å². The fourth-order valence-electron chi connectivity index (χ4n) is 3.77. The highest BCUT2D eigenvalue weighted by atomic mass is 16.1. The zero-order chi connectivity index (χ0) is 20.4. The number of aryl methyl sites for hydroxylation is 3. The Hall–Kier alpha value is -3.47. The minimum atomic E-state index is -0.133. The molecule has 0 unspecified atom stereocenters. The molecule has 4 aromatic rings. The number of rotatable bonds is 5. The van der Waals surface area contributed by atoms with E-state index in [2.05, 4.69) is 39.7 Å². The van der Waals surface area contributed by atoms with E-state index in [1.807, 2.05) is 63.4 Å². The Bertz CT molecular complexity index is 1150. The van der Waals surface area contributed by atoms with E-state index in [9.17, 15) is 4.79 Å². The monoisotopic (exact) mass is 384 g/mol. The summed E-state index contributed by atoms with van der Waals surface area (Å²) in [5, 5.41) is 8.51. The average Bonchev–Trinajstić information content (AvgIpc) is 3.01. The highest BCUT2D eigenvalue weighted by Crippen LogP contribution is 2.24. The van der Waals surface area contributed by atoms with E-state index in [4.69, 9.17) is 0 Å². The summed E-state index contributed by atoms with van der Waals surface area (Å²) in [6.07, 6.45) is 0.718. The number of aromatic nitrogens is 3. The Labute approximate surface area is 170 Å². The van der Waals surface area contributed by atoms with Gasteiger partial charge < -0.3 is 5.32 Å². The number of nitrogens with zero attached hydrogens (tertiary/aromatic N) is 3. The van der Waals surface area contributed by atoms with Crippen molar-refractivity contribution in [3.8, 4) is 0 Å². The molecular formula is C24H24N4O. The topological polar surface area (TPSA) is 59.8 Å². The Morgan fingerprint density at radius 2 is 1.69 bits per heavy atom. The van der Waals surface area contributed by atoms with Crippen LogP contribution in [0.5, 0.6) is 0 Å². The van der Waals surface area contributed by atoms with E-state index in [1.165, 1.54) is 5.56 Å². The van der Waals surface area contributed by atoms with Gasteiger partial charge in [0.05, 0.1) is 22.7 Å². The maximum Gasteiger partial charge on any atom is 0.252 e. The summed E-state index contributed by atoms with van der Waals surface area (Å²) in [6.45, 7) is 3.81. The van der Waals surface area contributed by atoms with Gasteiger partial charge in [0.2, 0.25) is 0 Å². The van der Waals surface area contributed by atoms with Crippen molar-refractivity contribution in [2.75, 3.05) is 0 Å². The maximum absolute atomic E-state index is 13.4. The summed E-state index contributed by atoms with van der Waals surface area (Å²) in [7, 11) is 1.85. The molecule has 0 radical (unpaired) electrons. The summed E-state index contributed by atoms with van der Waals surface area (Å²) in [6, 6.07) is 22.0. The SMILES string of the molecule is Cc1cc(C(=O)N[C@H](Cc2ccccc2)c2ccccc2)c2c(C)nn(C)c2n1. The molecule has 2 aromatic carbocycles. The molecule has 0 saturated heterocycles. The van der Waals surface area contributed by atoms with Crippen molar-refractivity contribution in [3.63, 3.8) is 0 Å². The lowest BCUT2D eigenvalue weighted by atomic mass is 9.98. The van der Waals surface area contributed by atoms with Crippen molar-refractivity contribution in [1.29, 1.82) is 0 Å². The summed E-state index contributed by atoms with van der Waals surface area (Å²) >= 11 is 0. The highest BCUT2D eigenvalue weighted by molar-refractivity contribution is 6.06. The number of fused-ring (bicyclic) bond motifs is 1. The van der Waals surface area contributed by atoms with Crippen LogP contribution in [0, 0.1) is 13.8 Å². The lowest BCUT2D eigenvalue weighted by Gasteiger charge is -2.20. The van der Waals surface area contributed by atoms with Crippen molar-refractivity contribution in [1.82, 2.24) is 20.1 Å². The molecule has 5 heteroatoms. The Balaban J connectivity index is 1.71. The van der Waals surface area contributed by atoms with Gasteiger partial charge in [-0.3, -0.25) is 9.48 Å². The molecule has 0 aliphatic carbocycles. The number of nitrogens with one attached hydrogen (secondary N) is 1. The van der Waals surface area contributed by atoms with Crippen LogP contribution in [0.25, 0.3) is 11.0 Å². The van der Waals surface area contributed by atoms with Gasteiger partial charge in [-0.25, -0.2) is 4.98 Å². The first-order chi connectivity index (χ1) is 14.0. The molecule has 0 bridgehead atoms. The molecular weight excluding hydrogens is 360 g/mol. The lowest BCUT2D eigenvalue weighted by Crippen LogP contribution is -2.30. The van der Waals surface area contributed by atoms with Gasteiger partial charge in [0.1, 0.15) is 0 Å². The van der Waals surface area contributed by atoms with Crippen LogP contribution >= 0.6 is 0 Å². The molecule has 2 aromatic heterocycles. The first kappa shape index (κ1) is 18.9. The first-order valence-corrected chi connectivity index (χ1v) is 9.73. The zero-order valence-electron chi connectivity index (χ0n) is 16.9. The molecule has 146 valence electrons. The molecule has 0 fully saturated rings. The summed E-state index contributed by atoms with van der Waals surface area (Å²) in [5.41, 5.74) is 5.20. The summed E-state index contributed by atoms with van der Waals surface area (Å²) in [5.74, 6) is -0.110. The number of pyridine rings is 1. The van der Waals surface area contributed by atoms with Gasteiger partial charge in [0, 0.05) is 12.7 Å². The van der Waals surface area contributed by atoms with Crippen LogP contribution in [-0.2, 0) is 13.5 Å². The van der Waals surface area contributed by atoms with Crippen LogP contribution in [0.2, 0.25) is 0 Å². The maximum atomic E-state index is 13.4. The zero-order valence-corrected chi connectivity index (χ0v) is 16.9. The first-order valence-electron chi connectivity index (χ1n) is 9.73. The molecule has 1 N–H and O–H groups in total. The largest absolute Gasteiger partial charge is 0.345 e. The third-order valence-electron chi connectivity index (χ3n) is 5.13. The standard InChI is InChI=1S/C24H24N4O/c1-16-14-20(22-17(2)27-28(3)23(22)25-16)24(29)26-21(19-12-8-5-9-13-19)15-18-10-6-4-7-11-18/h4-14,21H,15H2,1-3H3,(H,26,29)/t21-/m1/s1. The third-order valence-corrected chi connectivity index (χ3v) is 5.13. The van der Waals surface area contributed by atoms with E-state index >= 15 is 0 Å². The summed E-state index contributed by atoms with van der Waals surface area (Å²) in [4.78, 5) is 17.9. The van der Waals surface area contributed by atoms with Crippen LogP contribution < -0.4 is 5.32 Å². The van der Waals surface area contributed by atoms with Crippen molar-refractivity contribution in [3.05, 3.63) is 94.8 Å². The van der Waals surface area contributed by atoms with Crippen LogP contribution in [-0.4, -0.2) is 20.7 Å². The smallest absolute Gasteiger partial charge is 0.252 e. The van der Waals surface area contributed by atoms with Crippen molar-refractivity contribution < 1.29 is 4.79 Å². The molecule has 4 rings (SSSR count). The molecule has 1 amide bonds. The number of carbonyl (C=O) groups excluding carboxylic acids is 1. The molecule has 5 nitrogen and oxygen atoms in total. The molecule has 0 saturated carbocycles. The van der Waals surface area contributed by atoms with Crippen LogP contribution in [0.15, 0.2) is 66.7 Å². The van der Waals surface area contributed by atoms with E-state index in [0.29, 0.717) is 5.56 Å². The molecule has 0 spiro atoms. The number of hydrogen-bond donors (Lipinski definition) is 1. The fourth-order valence-corrected chi connectivity index (χ4v) is 3.77. The number of benzene rings is 2. The minimum Gasteiger partial charge on any atom is -0.345 e. The van der Waals surface area contributed by atoms with Gasteiger partial charge in [-0.2, -0.15) is 5.10 Å². The second-order valence-corrected chi connectivity index (χ2v) is 7.35. The highest BCUT2D eigenvalue weighted by Gasteiger charge is 2.21.